The summed E-state index contributed by atoms with van der Waals surface area (Å²) in [6.07, 6.45) is 4.20. The summed E-state index contributed by atoms with van der Waals surface area (Å²) >= 11 is 0. The van der Waals surface area contributed by atoms with Crippen LogP contribution in [0.4, 0.5) is 5.69 Å². The number of carbonyl (C=O) groups is 1. The van der Waals surface area contributed by atoms with Crippen LogP contribution in [0.1, 0.15) is 5.56 Å². The van der Waals surface area contributed by atoms with Crippen LogP contribution in [0.25, 0.3) is 6.08 Å². The summed E-state index contributed by atoms with van der Waals surface area (Å²) < 4.78 is 0. The smallest absolute Gasteiger partial charge is 0.276 e. The third-order valence-electron chi connectivity index (χ3n) is 2.26. The minimum absolute atomic E-state index is 0.0365. The van der Waals surface area contributed by atoms with Crippen LogP contribution < -0.4 is 5.32 Å². The van der Waals surface area contributed by atoms with Crippen LogP contribution in [-0.4, -0.2) is 17.9 Å². The lowest BCUT2D eigenvalue weighted by molar-refractivity contribution is -0.385. The van der Waals surface area contributed by atoms with E-state index < -0.39 is 10.8 Å². The van der Waals surface area contributed by atoms with Gasteiger partial charge in [0, 0.05) is 13.1 Å². The highest BCUT2D eigenvalue weighted by Crippen LogP contribution is 2.18. The predicted molar refractivity (Wildman–Crippen MR) is 69.9 cm³/mol. The van der Waals surface area contributed by atoms with Crippen LogP contribution in [-0.2, 0) is 4.79 Å². The number of benzene rings is 1. The molecule has 0 atom stereocenters. The quantitative estimate of drug-likeness (QED) is 0.292. The standard InChI is InChI=1S/C13H11N3O3/c1-15-13(17)11(9-14)7-4-6-10-5-2-3-8-12(10)16(18)19/h2-8H,1H3,(H,15,17)/b6-4+,11-7+. The Balaban J connectivity index is 3.01. The number of carbonyl (C=O) groups excluding carboxylic acids is 1. The van der Waals surface area contributed by atoms with Crippen molar-refractivity contribution in [3.63, 3.8) is 0 Å². The first-order chi connectivity index (χ1) is 9.10. The molecule has 0 spiro atoms. The van der Waals surface area contributed by atoms with Crippen molar-refractivity contribution in [2.24, 2.45) is 0 Å². The zero-order valence-corrected chi connectivity index (χ0v) is 10.2. The Labute approximate surface area is 109 Å². The summed E-state index contributed by atoms with van der Waals surface area (Å²) in [5.41, 5.74) is 0.292. The SMILES string of the molecule is CNC(=O)/C(C#N)=C/C=C/c1ccccc1[N+](=O)[O-]. The number of nitrogens with zero attached hydrogens (tertiary/aromatic N) is 2. The summed E-state index contributed by atoms with van der Waals surface area (Å²) in [7, 11) is 1.42. The summed E-state index contributed by atoms with van der Waals surface area (Å²) in [4.78, 5) is 21.5. The third kappa shape index (κ3) is 3.78. The predicted octanol–water partition coefficient (Wildman–Crippen LogP) is 1.80. The van der Waals surface area contributed by atoms with Gasteiger partial charge in [-0.25, -0.2) is 0 Å². The van der Waals surface area contributed by atoms with Crippen molar-refractivity contribution in [2.75, 3.05) is 7.05 Å². The van der Waals surface area contributed by atoms with Crippen molar-refractivity contribution in [1.82, 2.24) is 5.32 Å². The Morgan fingerprint density at radius 2 is 2.16 bits per heavy atom. The fraction of sp³-hybridized carbons (Fsp3) is 0.0769. The maximum absolute atomic E-state index is 11.2. The fourth-order valence-corrected chi connectivity index (χ4v) is 1.34. The molecule has 0 aliphatic heterocycles. The first kappa shape index (κ1) is 14.1. The van der Waals surface area contributed by atoms with E-state index in [2.05, 4.69) is 5.32 Å². The van der Waals surface area contributed by atoms with Gasteiger partial charge in [-0.15, -0.1) is 0 Å². The molecule has 0 aliphatic carbocycles. The molecule has 1 rings (SSSR count). The van der Waals surface area contributed by atoms with Gasteiger partial charge in [-0.2, -0.15) is 5.26 Å². The molecule has 0 fully saturated rings. The van der Waals surface area contributed by atoms with Gasteiger partial charge in [0.1, 0.15) is 11.6 Å². The van der Waals surface area contributed by atoms with Gasteiger partial charge in [0.25, 0.3) is 11.6 Å². The topological polar surface area (TPSA) is 96.0 Å². The molecule has 0 bridgehead atoms. The Kier molecular flexibility index (Phi) is 4.99. The molecule has 0 radical (unpaired) electrons. The first-order valence-corrected chi connectivity index (χ1v) is 5.34. The van der Waals surface area contributed by atoms with Crippen molar-refractivity contribution in [1.29, 1.82) is 5.26 Å². The Morgan fingerprint density at radius 3 is 2.74 bits per heavy atom. The monoisotopic (exact) mass is 257 g/mol. The maximum Gasteiger partial charge on any atom is 0.276 e. The molecule has 19 heavy (non-hydrogen) atoms. The number of allylic oxidation sites excluding steroid dienone is 2. The molecular formula is C13H11N3O3. The van der Waals surface area contributed by atoms with Crippen molar-refractivity contribution >= 4 is 17.7 Å². The zero-order chi connectivity index (χ0) is 14.3. The van der Waals surface area contributed by atoms with E-state index in [9.17, 15) is 14.9 Å². The molecular weight excluding hydrogens is 246 g/mol. The van der Waals surface area contributed by atoms with Crippen LogP contribution >= 0.6 is 0 Å². The largest absolute Gasteiger partial charge is 0.354 e. The highest BCUT2D eigenvalue weighted by Gasteiger charge is 2.09. The normalized spacial score (nSPS) is 11.1. The Morgan fingerprint density at radius 1 is 1.47 bits per heavy atom. The van der Waals surface area contributed by atoms with Crippen LogP contribution in [0, 0.1) is 21.4 Å². The Bertz CT molecular complexity index is 597. The third-order valence-corrected chi connectivity index (χ3v) is 2.26. The summed E-state index contributed by atoms with van der Waals surface area (Å²) in [5, 5.41) is 21.8. The van der Waals surface area contributed by atoms with E-state index in [-0.39, 0.29) is 11.3 Å². The molecule has 0 unspecified atom stereocenters. The van der Waals surface area contributed by atoms with Crippen molar-refractivity contribution < 1.29 is 9.72 Å². The number of likely N-dealkylation sites (N-methyl/N-ethyl adjacent to an activating group) is 1. The zero-order valence-electron chi connectivity index (χ0n) is 10.2. The maximum atomic E-state index is 11.2. The summed E-state index contributed by atoms with van der Waals surface area (Å²) in [6.45, 7) is 0. The molecule has 96 valence electrons. The number of nitro benzene ring substituents is 1. The number of nitro groups is 1. The minimum atomic E-state index is -0.505. The molecule has 1 aromatic carbocycles. The number of hydrogen-bond acceptors (Lipinski definition) is 4. The van der Waals surface area contributed by atoms with Crippen molar-refractivity contribution in [2.45, 2.75) is 0 Å². The fourth-order valence-electron chi connectivity index (χ4n) is 1.34. The van der Waals surface area contributed by atoms with Crippen molar-refractivity contribution in [3.05, 3.63) is 57.7 Å². The summed E-state index contributed by atoms with van der Waals surface area (Å²) in [5.74, 6) is -0.505. The van der Waals surface area contributed by atoms with Crippen LogP contribution in [0.15, 0.2) is 42.0 Å². The lowest BCUT2D eigenvalue weighted by Crippen LogP contribution is -2.18. The second kappa shape index (κ2) is 6.71. The molecule has 1 aromatic rings. The number of para-hydroxylation sites is 1. The number of nitrogens with one attached hydrogen (secondary N) is 1. The molecule has 0 heterocycles. The number of hydrogen-bond donors (Lipinski definition) is 1. The molecule has 0 saturated heterocycles. The summed E-state index contributed by atoms with van der Waals surface area (Å²) in [6, 6.07) is 7.93. The average Bonchev–Trinajstić information content (AvgIpc) is 2.43. The molecule has 0 aromatic heterocycles. The van der Waals surface area contributed by atoms with Gasteiger partial charge in [0.15, 0.2) is 0 Å². The second-order valence-corrected chi connectivity index (χ2v) is 3.45. The van der Waals surface area contributed by atoms with E-state index in [0.29, 0.717) is 5.56 Å². The van der Waals surface area contributed by atoms with E-state index >= 15 is 0 Å². The molecule has 0 aliphatic rings. The lowest BCUT2D eigenvalue weighted by atomic mass is 10.1. The van der Waals surface area contributed by atoms with Gasteiger partial charge in [-0.1, -0.05) is 18.2 Å². The molecule has 6 nitrogen and oxygen atoms in total. The molecule has 6 heteroatoms. The van der Waals surface area contributed by atoms with Gasteiger partial charge >= 0.3 is 0 Å². The second-order valence-electron chi connectivity index (χ2n) is 3.45. The van der Waals surface area contributed by atoms with E-state index in [4.69, 9.17) is 5.26 Å². The highest BCUT2D eigenvalue weighted by molar-refractivity contribution is 5.97. The average molecular weight is 257 g/mol. The van der Waals surface area contributed by atoms with Crippen LogP contribution in [0.3, 0.4) is 0 Å². The molecule has 1 amide bonds. The van der Waals surface area contributed by atoms with E-state index in [0.717, 1.165) is 0 Å². The number of nitriles is 1. The Hall–Kier alpha value is -2.94. The van der Waals surface area contributed by atoms with E-state index in [1.165, 1.54) is 31.3 Å². The van der Waals surface area contributed by atoms with Crippen LogP contribution in [0.2, 0.25) is 0 Å². The van der Waals surface area contributed by atoms with Gasteiger partial charge < -0.3 is 5.32 Å². The number of rotatable bonds is 4. The van der Waals surface area contributed by atoms with E-state index in [1.54, 1.807) is 24.3 Å². The highest BCUT2D eigenvalue weighted by atomic mass is 16.6. The van der Waals surface area contributed by atoms with Crippen LogP contribution in [0.5, 0.6) is 0 Å². The van der Waals surface area contributed by atoms with Crippen molar-refractivity contribution in [3.8, 4) is 6.07 Å². The molecule has 0 saturated carbocycles. The van der Waals surface area contributed by atoms with E-state index in [1.807, 2.05) is 0 Å². The first-order valence-electron chi connectivity index (χ1n) is 5.34. The minimum Gasteiger partial charge on any atom is -0.354 e. The molecule has 1 N–H and O–H groups in total. The lowest BCUT2D eigenvalue weighted by Gasteiger charge is -1.96. The van der Waals surface area contributed by atoms with Gasteiger partial charge in [0.05, 0.1) is 10.5 Å². The van der Waals surface area contributed by atoms with Gasteiger partial charge in [-0.05, 0) is 18.2 Å². The van der Waals surface area contributed by atoms with Gasteiger partial charge in [-0.3, -0.25) is 14.9 Å². The number of amides is 1. The van der Waals surface area contributed by atoms with Gasteiger partial charge in [0.2, 0.25) is 0 Å².